The summed E-state index contributed by atoms with van der Waals surface area (Å²) in [6.07, 6.45) is -2.13. The quantitative estimate of drug-likeness (QED) is 0.774. The van der Waals surface area contributed by atoms with Crippen molar-refractivity contribution in [2.45, 2.75) is 25.6 Å². The van der Waals surface area contributed by atoms with Crippen LogP contribution in [0.3, 0.4) is 0 Å². The molecule has 0 spiro atoms. The van der Waals surface area contributed by atoms with Crippen molar-refractivity contribution in [2.75, 3.05) is 19.8 Å². The van der Waals surface area contributed by atoms with Gasteiger partial charge in [-0.1, -0.05) is 0 Å². The van der Waals surface area contributed by atoms with Crippen LogP contribution in [0.5, 0.6) is 5.75 Å². The molecule has 7 heteroatoms. The van der Waals surface area contributed by atoms with E-state index in [1.165, 1.54) is 6.20 Å². The molecule has 1 atom stereocenters. The monoisotopic (exact) mass is 278 g/mol. The molecule has 0 saturated heterocycles. The highest BCUT2D eigenvalue weighted by atomic mass is 19.4. The van der Waals surface area contributed by atoms with Crippen molar-refractivity contribution in [3.8, 4) is 5.75 Å². The van der Waals surface area contributed by atoms with Crippen LogP contribution < -0.4 is 10.5 Å². The number of hydrogen-bond donors (Lipinski definition) is 1. The van der Waals surface area contributed by atoms with Crippen LogP contribution >= 0.6 is 0 Å². The molecule has 0 saturated carbocycles. The van der Waals surface area contributed by atoms with Gasteiger partial charge in [-0.2, -0.15) is 13.2 Å². The summed E-state index contributed by atoms with van der Waals surface area (Å²) in [6, 6.07) is 3.50. The molecule has 1 aromatic rings. The first kappa shape index (κ1) is 15.7. The Kier molecular flexibility index (Phi) is 6.04. The van der Waals surface area contributed by atoms with Gasteiger partial charge < -0.3 is 15.2 Å². The minimum absolute atomic E-state index is 0.0232. The molecule has 19 heavy (non-hydrogen) atoms. The first-order valence-corrected chi connectivity index (χ1v) is 5.84. The highest BCUT2D eigenvalue weighted by molar-refractivity contribution is 5.20. The number of ether oxygens (including phenoxy) is 2. The van der Waals surface area contributed by atoms with Gasteiger partial charge in [-0.15, -0.1) is 0 Å². The number of rotatable bonds is 7. The summed E-state index contributed by atoms with van der Waals surface area (Å²) in [5.41, 5.74) is 6.47. The second kappa shape index (κ2) is 7.30. The van der Waals surface area contributed by atoms with Crippen LogP contribution in [-0.4, -0.2) is 37.0 Å². The van der Waals surface area contributed by atoms with Crippen molar-refractivity contribution in [1.82, 2.24) is 4.98 Å². The summed E-state index contributed by atoms with van der Waals surface area (Å²) < 4.78 is 44.9. The number of aromatic nitrogens is 1. The lowest BCUT2D eigenvalue weighted by atomic mass is 10.2. The Morgan fingerprint density at radius 2 is 2.05 bits per heavy atom. The zero-order chi connectivity index (χ0) is 14.3. The molecule has 1 rings (SSSR count). The molecule has 0 amide bonds. The zero-order valence-corrected chi connectivity index (χ0v) is 10.6. The fourth-order valence-electron chi connectivity index (χ4n) is 1.35. The predicted octanol–water partition coefficient (Wildman–Crippen LogP) is 1.93. The maximum atomic E-state index is 11.8. The normalized spacial score (nSPS) is 13.3. The van der Waals surface area contributed by atoms with Crippen LogP contribution in [0.1, 0.15) is 12.6 Å². The highest BCUT2D eigenvalue weighted by Crippen LogP contribution is 2.14. The smallest absolute Gasteiger partial charge is 0.411 e. The van der Waals surface area contributed by atoms with Crippen molar-refractivity contribution in [2.24, 2.45) is 5.73 Å². The molecule has 0 fully saturated rings. The minimum atomic E-state index is -4.30. The van der Waals surface area contributed by atoms with Crippen molar-refractivity contribution in [3.05, 3.63) is 24.0 Å². The largest absolute Gasteiger partial charge is 0.490 e. The lowest BCUT2D eigenvalue weighted by Crippen LogP contribution is -2.19. The summed E-state index contributed by atoms with van der Waals surface area (Å²) in [5.74, 6) is 0.490. The highest BCUT2D eigenvalue weighted by Gasteiger charge is 2.27. The Balaban J connectivity index is 2.23. The lowest BCUT2D eigenvalue weighted by molar-refractivity contribution is -0.175. The van der Waals surface area contributed by atoms with E-state index in [0.29, 0.717) is 12.2 Å². The first-order chi connectivity index (χ1) is 8.87. The van der Waals surface area contributed by atoms with Crippen molar-refractivity contribution >= 4 is 0 Å². The predicted molar refractivity (Wildman–Crippen MR) is 64.0 cm³/mol. The van der Waals surface area contributed by atoms with Crippen LogP contribution in [0.2, 0.25) is 0 Å². The Labute approximate surface area is 109 Å². The van der Waals surface area contributed by atoms with E-state index in [9.17, 15) is 13.2 Å². The Bertz CT molecular complexity index is 366. The Morgan fingerprint density at radius 3 is 2.58 bits per heavy atom. The summed E-state index contributed by atoms with van der Waals surface area (Å²) in [7, 11) is 0. The van der Waals surface area contributed by atoms with E-state index in [2.05, 4.69) is 9.72 Å². The summed E-state index contributed by atoms with van der Waals surface area (Å²) in [5, 5.41) is 0. The maximum absolute atomic E-state index is 11.8. The SMILES string of the molecule is CC(N)Cc1ccc(OCCOCC(F)(F)F)cn1. The van der Waals surface area contributed by atoms with E-state index >= 15 is 0 Å². The molecule has 0 bridgehead atoms. The standard InChI is InChI=1S/C12H17F3N2O2/c1-9(16)6-10-2-3-11(7-17-10)19-5-4-18-8-12(13,14)15/h2-3,7,9H,4-6,8,16H2,1H3. The number of halogens is 3. The Hall–Kier alpha value is -1.34. The van der Waals surface area contributed by atoms with Gasteiger partial charge in [-0.05, 0) is 19.1 Å². The van der Waals surface area contributed by atoms with Crippen LogP contribution in [0.25, 0.3) is 0 Å². The van der Waals surface area contributed by atoms with Gasteiger partial charge in [0.1, 0.15) is 19.0 Å². The average molecular weight is 278 g/mol. The van der Waals surface area contributed by atoms with Crippen molar-refractivity contribution in [1.29, 1.82) is 0 Å². The van der Waals surface area contributed by atoms with Crippen molar-refractivity contribution in [3.63, 3.8) is 0 Å². The molecular formula is C12H17F3N2O2. The van der Waals surface area contributed by atoms with Gasteiger partial charge in [-0.3, -0.25) is 4.98 Å². The molecule has 0 aromatic carbocycles. The van der Waals surface area contributed by atoms with E-state index < -0.39 is 12.8 Å². The van der Waals surface area contributed by atoms with E-state index in [4.69, 9.17) is 10.5 Å². The molecule has 2 N–H and O–H groups in total. The summed E-state index contributed by atoms with van der Waals surface area (Å²) in [6.45, 7) is 0.539. The van der Waals surface area contributed by atoms with E-state index in [1.54, 1.807) is 12.1 Å². The molecule has 0 aliphatic carbocycles. The van der Waals surface area contributed by atoms with Crippen LogP contribution in [0, 0.1) is 0 Å². The van der Waals surface area contributed by atoms with Crippen LogP contribution in [0.15, 0.2) is 18.3 Å². The third kappa shape index (κ3) is 7.63. The third-order valence-corrected chi connectivity index (χ3v) is 2.09. The molecule has 0 aliphatic heterocycles. The number of pyridine rings is 1. The molecule has 1 aromatic heterocycles. The number of nitrogens with zero attached hydrogens (tertiary/aromatic N) is 1. The first-order valence-electron chi connectivity index (χ1n) is 5.84. The van der Waals surface area contributed by atoms with Gasteiger partial charge in [-0.25, -0.2) is 0 Å². The van der Waals surface area contributed by atoms with Gasteiger partial charge in [0.2, 0.25) is 0 Å². The lowest BCUT2D eigenvalue weighted by Gasteiger charge is -2.09. The Morgan fingerprint density at radius 1 is 1.32 bits per heavy atom. The molecule has 1 unspecified atom stereocenters. The maximum Gasteiger partial charge on any atom is 0.411 e. The van der Waals surface area contributed by atoms with Crippen molar-refractivity contribution < 1.29 is 22.6 Å². The summed E-state index contributed by atoms with van der Waals surface area (Å²) in [4.78, 5) is 4.13. The molecule has 4 nitrogen and oxygen atoms in total. The fourth-order valence-corrected chi connectivity index (χ4v) is 1.35. The van der Waals surface area contributed by atoms with Gasteiger partial charge in [0.05, 0.1) is 12.8 Å². The van der Waals surface area contributed by atoms with E-state index in [1.807, 2.05) is 6.92 Å². The second-order valence-corrected chi connectivity index (χ2v) is 4.18. The molecular weight excluding hydrogens is 261 g/mol. The van der Waals surface area contributed by atoms with Gasteiger partial charge in [0.25, 0.3) is 0 Å². The molecule has 0 radical (unpaired) electrons. The van der Waals surface area contributed by atoms with Crippen LogP contribution in [-0.2, 0) is 11.2 Å². The minimum Gasteiger partial charge on any atom is -0.490 e. The third-order valence-electron chi connectivity index (χ3n) is 2.09. The molecule has 0 aliphatic rings. The molecule has 1 heterocycles. The zero-order valence-electron chi connectivity index (χ0n) is 10.6. The van der Waals surface area contributed by atoms with Gasteiger partial charge >= 0.3 is 6.18 Å². The van der Waals surface area contributed by atoms with Gasteiger partial charge in [0.15, 0.2) is 0 Å². The van der Waals surface area contributed by atoms with E-state index in [-0.39, 0.29) is 19.3 Å². The second-order valence-electron chi connectivity index (χ2n) is 4.18. The summed E-state index contributed by atoms with van der Waals surface area (Å²) >= 11 is 0. The molecule has 108 valence electrons. The average Bonchev–Trinajstić information content (AvgIpc) is 2.28. The van der Waals surface area contributed by atoms with Gasteiger partial charge in [0, 0.05) is 18.2 Å². The van der Waals surface area contributed by atoms with E-state index in [0.717, 1.165) is 5.69 Å². The fraction of sp³-hybridized carbons (Fsp3) is 0.583. The number of alkyl halides is 3. The topological polar surface area (TPSA) is 57.4 Å². The number of hydrogen-bond acceptors (Lipinski definition) is 4. The number of nitrogens with two attached hydrogens (primary N) is 1. The van der Waals surface area contributed by atoms with Crippen LogP contribution in [0.4, 0.5) is 13.2 Å².